The normalized spacial score (nSPS) is 17.7. The average Bonchev–Trinajstić information content (AvgIpc) is 2.42. The predicted molar refractivity (Wildman–Crippen MR) is 89.0 cm³/mol. The molecule has 0 spiro atoms. The Morgan fingerprint density at radius 3 is 2.76 bits per heavy atom. The molecule has 1 aliphatic heterocycles. The maximum absolute atomic E-state index is 6.07. The summed E-state index contributed by atoms with van der Waals surface area (Å²) in [4.78, 5) is 2.38. The second-order valence-electron chi connectivity index (χ2n) is 5.69. The molecule has 0 bridgehead atoms. The minimum Gasteiger partial charge on any atom is -0.492 e. The van der Waals surface area contributed by atoms with Crippen LogP contribution in [0.5, 0.6) is 5.75 Å². The van der Waals surface area contributed by atoms with E-state index in [1.165, 1.54) is 5.56 Å². The Morgan fingerprint density at radius 2 is 2.10 bits per heavy atom. The van der Waals surface area contributed by atoms with E-state index in [0.29, 0.717) is 6.61 Å². The molecule has 2 N–H and O–H groups in total. The smallest absolute Gasteiger partial charge is 0.125 e. The van der Waals surface area contributed by atoms with Crippen LogP contribution in [0.4, 0.5) is 0 Å². The molecule has 1 unspecified atom stereocenters. The van der Waals surface area contributed by atoms with Crippen LogP contribution in [-0.4, -0.2) is 50.4 Å². The van der Waals surface area contributed by atoms with E-state index in [1.807, 2.05) is 6.92 Å². The zero-order chi connectivity index (χ0) is 15.2. The van der Waals surface area contributed by atoms with Crippen molar-refractivity contribution in [3.05, 3.63) is 27.7 Å². The van der Waals surface area contributed by atoms with E-state index in [-0.39, 0.29) is 6.04 Å². The summed E-state index contributed by atoms with van der Waals surface area (Å²) in [6, 6.07) is 4.33. The molecule has 1 fully saturated rings. The van der Waals surface area contributed by atoms with Crippen LogP contribution in [0.2, 0.25) is 0 Å². The highest BCUT2D eigenvalue weighted by molar-refractivity contribution is 9.10. The molecule has 1 aromatic carbocycles. The van der Waals surface area contributed by atoms with E-state index in [2.05, 4.69) is 39.9 Å². The molecule has 0 aliphatic carbocycles. The quantitative estimate of drug-likeness (QED) is 0.849. The van der Waals surface area contributed by atoms with Crippen molar-refractivity contribution >= 4 is 15.9 Å². The van der Waals surface area contributed by atoms with E-state index >= 15 is 0 Å². The molecule has 1 atom stereocenters. The largest absolute Gasteiger partial charge is 0.492 e. The highest BCUT2D eigenvalue weighted by atomic mass is 79.9. The number of halogens is 1. The lowest BCUT2D eigenvalue weighted by atomic mass is 10.0. The molecule has 0 aromatic heterocycles. The van der Waals surface area contributed by atoms with Crippen molar-refractivity contribution in [3.8, 4) is 5.75 Å². The predicted octanol–water partition coefficient (Wildman–Crippen LogP) is 2.36. The first-order valence-electron chi connectivity index (χ1n) is 7.54. The summed E-state index contributed by atoms with van der Waals surface area (Å²) in [5, 5.41) is 0. The molecule has 2 rings (SSSR count). The number of hydrogen-bond donors (Lipinski definition) is 1. The fourth-order valence-corrected chi connectivity index (χ4v) is 3.23. The minimum absolute atomic E-state index is 0.125. The highest BCUT2D eigenvalue weighted by Gasteiger charge is 2.13. The molecule has 4 nitrogen and oxygen atoms in total. The molecule has 0 radical (unpaired) electrons. The van der Waals surface area contributed by atoms with Gasteiger partial charge in [0.1, 0.15) is 12.4 Å². The standard InChI is InChI=1S/C16H25BrN2O2/c1-12-9-15(17)11-14(10-13(2)18)16(12)21-8-5-19-3-6-20-7-4-19/h9,11,13H,3-8,10,18H2,1-2H3. The molecule has 1 aromatic rings. The van der Waals surface area contributed by atoms with E-state index in [0.717, 1.165) is 55.1 Å². The Labute approximate surface area is 135 Å². The van der Waals surface area contributed by atoms with Gasteiger partial charge in [0.2, 0.25) is 0 Å². The Morgan fingerprint density at radius 1 is 1.38 bits per heavy atom. The summed E-state index contributed by atoms with van der Waals surface area (Å²) in [6.07, 6.45) is 0.827. The van der Waals surface area contributed by atoms with Crippen molar-refractivity contribution in [2.75, 3.05) is 39.5 Å². The summed E-state index contributed by atoms with van der Waals surface area (Å²) < 4.78 is 12.5. The number of nitrogens with two attached hydrogens (primary N) is 1. The fraction of sp³-hybridized carbons (Fsp3) is 0.625. The van der Waals surface area contributed by atoms with Gasteiger partial charge in [-0.2, -0.15) is 0 Å². The van der Waals surface area contributed by atoms with Crippen LogP contribution in [0.1, 0.15) is 18.1 Å². The van der Waals surface area contributed by atoms with Crippen molar-refractivity contribution < 1.29 is 9.47 Å². The van der Waals surface area contributed by atoms with Gasteiger partial charge in [-0.3, -0.25) is 4.90 Å². The molecular weight excluding hydrogens is 332 g/mol. The van der Waals surface area contributed by atoms with Gasteiger partial charge in [0.25, 0.3) is 0 Å². The minimum atomic E-state index is 0.125. The molecule has 118 valence electrons. The van der Waals surface area contributed by atoms with Gasteiger partial charge in [-0.25, -0.2) is 0 Å². The zero-order valence-corrected chi connectivity index (χ0v) is 14.5. The number of benzene rings is 1. The molecular formula is C16H25BrN2O2. The van der Waals surface area contributed by atoms with Crippen LogP contribution >= 0.6 is 15.9 Å². The Bertz CT molecular complexity index is 460. The maximum Gasteiger partial charge on any atom is 0.125 e. The highest BCUT2D eigenvalue weighted by Crippen LogP contribution is 2.29. The Hall–Kier alpha value is -0.620. The summed E-state index contributed by atoms with van der Waals surface area (Å²) in [6.45, 7) is 9.39. The van der Waals surface area contributed by atoms with E-state index in [1.54, 1.807) is 0 Å². The monoisotopic (exact) mass is 356 g/mol. The number of ether oxygens (including phenoxy) is 2. The molecule has 1 heterocycles. The van der Waals surface area contributed by atoms with Gasteiger partial charge in [0.05, 0.1) is 13.2 Å². The first-order valence-corrected chi connectivity index (χ1v) is 8.33. The van der Waals surface area contributed by atoms with Gasteiger partial charge in [0, 0.05) is 30.1 Å². The number of rotatable bonds is 6. The SMILES string of the molecule is Cc1cc(Br)cc(CC(C)N)c1OCCN1CCOCC1. The van der Waals surface area contributed by atoms with Crippen molar-refractivity contribution in [1.82, 2.24) is 4.90 Å². The molecule has 1 aliphatic rings. The van der Waals surface area contributed by atoms with E-state index < -0.39 is 0 Å². The average molecular weight is 357 g/mol. The van der Waals surface area contributed by atoms with Gasteiger partial charge < -0.3 is 15.2 Å². The topological polar surface area (TPSA) is 47.7 Å². The third-order valence-corrected chi connectivity index (χ3v) is 4.07. The zero-order valence-electron chi connectivity index (χ0n) is 12.9. The van der Waals surface area contributed by atoms with Crippen molar-refractivity contribution in [2.24, 2.45) is 5.73 Å². The van der Waals surface area contributed by atoms with Crippen molar-refractivity contribution in [1.29, 1.82) is 0 Å². The lowest BCUT2D eigenvalue weighted by Gasteiger charge is -2.26. The van der Waals surface area contributed by atoms with Crippen LogP contribution < -0.4 is 10.5 Å². The molecule has 5 heteroatoms. The van der Waals surface area contributed by atoms with Gasteiger partial charge >= 0.3 is 0 Å². The number of nitrogens with zero attached hydrogens (tertiary/aromatic N) is 1. The first kappa shape index (κ1) is 16.7. The summed E-state index contributed by atoms with van der Waals surface area (Å²) in [5.74, 6) is 0.990. The first-order chi connectivity index (χ1) is 10.1. The van der Waals surface area contributed by atoms with Gasteiger partial charge in [-0.05, 0) is 43.5 Å². The van der Waals surface area contributed by atoms with Crippen molar-refractivity contribution in [3.63, 3.8) is 0 Å². The summed E-state index contributed by atoms with van der Waals surface area (Å²) in [5.41, 5.74) is 8.28. The molecule has 0 amide bonds. The van der Waals surface area contributed by atoms with Crippen LogP contribution in [0.25, 0.3) is 0 Å². The van der Waals surface area contributed by atoms with Gasteiger partial charge in [-0.15, -0.1) is 0 Å². The second-order valence-corrected chi connectivity index (χ2v) is 6.61. The third-order valence-electron chi connectivity index (χ3n) is 3.62. The molecule has 21 heavy (non-hydrogen) atoms. The van der Waals surface area contributed by atoms with Gasteiger partial charge in [-0.1, -0.05) is 15.9 Å². The summed E-state index contributed by atoms with van der Waals surface area (Å²) in [7, 11) is 0. The Kier molecular flexibility index (Phi) is 6.48. The Balaban J connectivity index is 1.97. The fourth-order valence-electron chi connectivity index (χ4n) is 2.61. The number of aryl methyl sites for hydroxylation is 1. The number of morpholine rings is 1. The maximum atomic E-state index is 6.07. The summed E-state index contributed by atoms with van der Waals surface area (Å²) >= 11 is 3.55. The lowest BCUT2D eigenvalue weighted by Crippen LogP contribution is -2.38. The third kappa shape index (κ3) is 5.25. The van der Waals surface area contributed by atoms with E-state index in [4.69, 9.17) is 15.2 Å². The molecule has 1 saturated heterocycles. The van der Waals surface area contributed by atoms with Crippen LogP contribution in [0.15, 0.2) is 16.6 Å². The lowest BCUT2D eigenvalue weighted by molar-refractivity contribution is 0.0321. The molecule has 0 saturated carbocycles. The van der Waals surface area contributed by atoms with E-state index in [9.17, 15) is 0 Å². The number of hydrogen-bond acceptors (Lipinski definition) is 4. The van der Waals surface area contributed by atoms with Crippen molar-refractivity contribution in [2.45, 2.75) is 26.3 Å². The second kappa shape index (κ2) is 8.13. The van der Waals surface area contributed by atoms with Gasteiger partial charge in [0.15, 0.2) is 0 Å². The van der Waals surface area contributed by atoms with Crippen LogP contribution in [-0.2, 0) is 11.2 Å². The van der Waals surface area contributed by atoms with Crippen LogP contribution in [0.3, 0.4) is 0 Å². The van der Waals surface area contributed by atoms with Crippen LogP contribution in [0, 0.1) is 6.92 Å².